The largest absolute Gasteiger partial charge is 0.490 e. The average molecular weight is 695 g/mol. The summed E-state index contributed by atoms with van der Waals surface area (Å²) < 4.78 is 75.1. The number of halogens is 4. The van der Waals surface area contributed by atoms with E-state index in [2.05, 4.69) is 24.1 Å². The quantitative estimate of drug-likeness (QED) is 0.247. The Balaban J connectivity index is 1.49. The van der Waals surface area contributed by atoms with E-state index in [0.717, 1.165) is 43.2 Å². The van der Waals surface area contributed by atoms with Crippen molar-refractivity contribution in [1.29, 1.82) is 0 Å². The van der Waals surface area contributed by atoms with Gasteiger partial charge >= 0.3 is 6.18 Å². The number of hydrogen-bond acceptors (Lipinski definition) is 6. The van der Waals surface area contributed by atoms with Crippen molar-refractivity contribution in [3.63, 3.8) is 0 Å². The van der Waals surface area contributed by atoms with Crippen LogP contribution in [-0.4, -0.2) is 56.7 Å². The van der Waals surface area contributed by atoms with Crippen LogP contribution < -0.4 is 14.4 Å². The van der Waals surface area contributed by atoms with Crippen LogP contribution in [0.5, 0.6) is 5.75 Å². The minimum absolute atomic E-state index is 0.0215. The molecule has 256 valence electrons. The Bertz CT molecular complexity index is 1620. The van der Waals surface area contributed by atoms with E-state index in [9.17, 15) is 31.5 Å². The molecule has 1 saturated carbocycles. The van der Waals surface area contributed by atoms with Gasteiger partial charge in [-0.2, -0.15) is 13.2 Å². The molecule has 0 saturated heterocycles. The molecule has 0 bridgehead atoms. The lowest BCUT2D eigenvalue weighted by Crippen LogP contribution is -2.49. The van der Waals surface area contributed by atoms with Crippen molar-refractivity contribution in [3.8, 4) is 5.75 Å². The maximum absolute atomic E-state index is 13.4. The molecule has 1 amide bonds. The molecule has 0 aromatic heterocycles. The Morgan fingerprint density at radius 2 is 2.00 bits per heavy atom. The number of rotatable bonds is 11. The van der Waals surface area contributed by atoms with Gasteiger partial charge in [-0.1, -0.05) is 36.7 Å². The SMILES string of the molecule is C=CCC(C)C(CC(F)(F)F)S(=O)(=O)NC(=O)c1ccc2c(c1)N(C[C@@H]1CC[C@H]1C(O)C=C)C[C@@]1(CCCc3cc(Cl)ccc31)CO2. The van der Waals surface area contributed by atoms with Crippen LogP contribution in [-0.2, 0) is 21.9 Å². The number of carbonyl (C=O) groups excluding carboxylic acids is 1. The zero-order chi connectivity index (χ0) is 34.1. The maximum atomic E-state index is 13.4. The summed E-state index contributed by atoms with van der Waals surface area (Å²) in [4.78, 5) is 15.6. The predicted molar refractivity (Wildman–Crippen MR) is 177 cm³/mol. The molecule has 1 spiro atoms. The first-order chi connectivity index (χ1) is 22.2. The molecule has 2 N–H and O–H groups in total. The first-order valence-electron chi connectivity index (χ1n) is 16.0. The van der Waals surface area contributed by atoms with E-state index in [1.54, 1.807) is 18.2 Å². The van der Waals surface area contributed by atoms with E-state index < -0.39 is 51.2 Å². The van der Waals surface area contributed by atoms with Crippen LogP contribution in [0.1, 0.15) is 66.9 Å². The third kappa shape index (κ3) is 7.67. The highest BCUT2D eigenvalue weighted by Gasteiger charge is 2.45. The zero-order valence-electron chi connectivity index (χ0n) is 26.4. The van der Waals surface area contributed by atoms with Crippen LogP contribution in [0.2, 0.25) is 5.02 Å². The number of allylic oxidation sites excluding steroid dienone is 1. The van der Waals surface area contributed by atoms with E-state index >= 15 is 0 Å². The number of hydrogen-bond donors (Lipinski definition) is 2. The van der Waals surface area contributed by atoms with Crippen LogP contribution in [0.4, 0.5) is 18.9 Å². The number of aliphatic hydroxyl groups excluding tert-OH is 1. The Morgan fingerprint density at radius 3 is 2.66 bits per heavy atom. The first-order valence-corrected chi connectivity index (χ1v) is 17.9. The molecular weight excluding hydrogens is 653 g/mol. The topological polar surface area (TPSA) is 95.9 Å². The van der Waals surface area contributed by atoms with Gasteiger partial charge in [0.15, 0.2) is 0 Å². The summed E-state index contributed by atoms with van der Waals surface area (Å²) in [7, 11) is -4.72. The number of carbonyl (C=O) groups is 1. The maximum Gasteiger partial charge on any atom is 0.390 e. The minimum Gasteiger partial charge on any atom is -0.490 e. The third-order valence-corrected chi connectivity index (χ3v) is 12.3. The van der Waals surface area contributed by atoms with Crippen LogP contribution >= 0.6 is 11.6 Å². The molecule has 6 atom stereocenters. The molecule has 3 aliphatic rings. The highest BCUT2D eigenvalue weighted by molar-refractivity contribution is 7.90. The summed E-state index contributed by atoms with van der Waals surface area (Å²) in [6, 6.07) is 10.5. The number of amides is 1. The average Bonchev–Trinajstić information content (AvgIpc) is 3.14. The fourth-order valence-electron chi connectivity index (χ4n) is 7.51. The minimum atomic E-state index is -4.75. The number of benzene rings is 2. The van der Waals surface area contributed by atoms with Gasteiger partial charge in [-0.3, -0.25) is 4.79 Å². The molecule has 7 nitrogen and oxygen atoms in total. The summed E-state index contributed by atoms with van der Waals surface area (Å²) in [5, 5.41) is 9.36. The van der Waals surface area contributed by atoms with Crippen molar-refractivity contribution in [3.05, 3.63) is 83.4 Å². The monoisotopic (exact) mass is 694 g/mol. The second kappa shape index (κ2) is 13.8. The number of aryl methyl sites for hydroxylation is 1. The molecule has 2 aromatic rings. The lowest BCUT2D eigenvalue weighted by molar-refractivity contribution is -0.136. The van der Waals surface area contributed by atoms with Crippen LogP contribution in [0.3, 0.4) is 0 Å². The molecular formula is C35H42ClF3N2O5S. The molecule has 12 heteroatoms. The van der Waals surface area contributed by atoms with Crippen LogP contribution in [0, 0.1) is 17.8 Å². The highest BCUT2D eigenvalue weighted by Crippen LogP contribution is 2.46. The van der Waals surface area contributed by atoms with Crippen molar-refractivity contribution in [1.82, 2.24) is 4.72 Å². The fourth-order valence-corrected chi connectivity index (χ4v) is 9.36. The van der Waals surface area contributed by atoms with E-state index in [4.69, 9.17) is 16.3 Å². The zero-order valence-corrected chi connectivity index (χ0v) is 28.0. The smallest absolute Gasteiger partial charge is 0.390 e. The van der Waals surface area contributed by atoms with Gasteiger partial charge in [0.1, 0.15) is 5.75 Å². The predicted octanol–water partition coefficient (Wildman–Crippen LogP) is 6.98. The summed E-state index contributed by atoms with van der Waals surface area (Å²) in [5.74, 6) is -1.29. The number of nitrogens with zero attached hydrogens (tertiary/aromatic N) is 1. The number of fused-ring (bicyclic) bond motifs is 3. The van der Waals surface area contributed by atoms with Gasteiger partial charge in [-0.25, -0.2) is 13.1 Å². The van der Waals surface area contributed by atoms with E-state index in [0.29, 0.717) is 36.2 Å². The Labute approximate surface area is 279 Å². The summed E-state index contributed by atoms with van der Waals surface area (Å²) in [6.45, 7) is 10.1. The van der Waals surface area contributed by atoms with Gasteiger partial charge in [0.2, 0.25) is 10.0 Å². The normalized spacial score (nSPS) is 24.4. The van der Waals surface area contributed by atoms with Gasteiger partial charge in [0.25, 0.3) is 5.91 Å². The molecule has 5 rings (SSSR count). The van der Waals surface area contributed by atoms with Crippen molar-refractivity contribution in [2.24, 2.45) is 17.8 Å². The van der Waals surface area contributed by atoms with Gasteiger partial charge < -0.3 is 14.7 Å². The van der Waals surface area contributed by atoms with Crippen LogP contribution in [0.15, 0.2) is 61.7 Å². The molecule has 3 unspecified atom stereocenters. The molecule has 2 aliphatic carbocycles. The second-order valence-electron chi connectivity index (χ2n) is 13.4. The molecule has 2 aromatic carbocycles. The molecule has 1 aliphatic heterocycles. The summed E-state index contributed by atoms with van der Waals surface area (Å²) >= 11 is 6.36. The van der Waals surface area contributed by atoms with Gasteiger partial charge in [-0.15, -0.1) is 13.2 Å². The standard InChI is InChI=1S/C35H42ClF3N2O5S/c1-4-7-22(3)32(18-35(37,38)39)47(44,45)40-33(43)24-10-14-31-29(17-24)41(19-25-9-12-27(25)30(42)5-2)20-34(21-46-31)15-6-8-23-16-26(36)11-13-28(23)34/h4-5,10-11,13-14,16-17,22,25,27,30,32,42H,1-2,6-9,12,15,18-21H2,3H3,(H,40,43)/t22?,25-,27+,30?,32?,34-/m0/s1. The van der Waals surface area contributed by atoms with Crippen LogP contribution in [0.25, 0.3) is 0 Å². The van der Waals surface area contributed by atoms with Gasteiger partial charge in [0, 0.05) is 29.1 Å². The molecule has 47 heavy (non-hydrogen) atoms. The molecule has 1 heterocycles. The highest BCUT2D eigenvalue weighted by atomic mass is 35.5. The van der Waals surface area contributed by atoms with Gasteiger partial charge in [-0.05, 0) is 97.7 Å². The fraction of sp³-hybridized carbons (Fsp3) is 0.514. The molecule has 0 radical (unpaired) electrons. The van der Waals surface area contributed by atoms with Crippen molar-refractivity contribution in [2.75, 3.05) is 24.6 Å². The second-order valence-corrected chi connectivity index (χ2v) is 15.7. The number of anilines is 1. The number of aliphatic hydroxyl groups is 1. The van der Waals surface area contributed by atoms with Crippen molar-refractivity contribution in [2.45, 2.75) is 74.8 Å². The van der Waals surface area contributed by atoms with E-state index in [1.807, 2.05) is 16.9 Å². The Hall–Kier alpha value is -3.02. The lowest BCUT2D eigenvalue weighted by Gasteiger charge is -2.45. The summed E-state index contributed by atoms with van der Waals surface area (Å²) in [6.07, 6.45) is 0.348. The van der Waals surface area contributed by atoms with Crippen molar-refractivity contribution >= 4 is 33.2 Å². The number of alkyl halides is 3. The number of nitrogens with one attached hydrogen (secondary N) is 1. The molecule has 1 fully saturated rings. The summed E-state index contributed by atoms with van der Waals surface area (Å²) in [5.41, 5.74) is 2.47. The van der Waals surface area contributed by atoms with E-state index in [1.165, 1.54) is 19.1 Å². The van der Waals surface area contributed by atoms with Crippen molar-refractivity contribution < 1.29 is 36.2 Å². The lowest BCUT2D eigenvalue weighted by atomic mass is 9.68. The number of ether oxygens (including phenoxy) is 1. The third-order valence-electron chi connectivity index (χ3n) is 10.2. The number of sulfonamides is 1. The Kier molecular flexibility index (Phi) is 10.4. The first kappa shape index (κ1) is 35.3. The Morgan fingerprint density at radius 1 is 1.23 bits per heavy atom. The van der Waals surface area contributed by atoms with E-state index in [-0.39, 0.29) is 23.8 Å². The van der Waals surface area contributed by atoms with Gasteiger partial charge in [0.05, 0.1) is 30.1 Å².